The highest BCUT2D eigenvalue weighted by Gasteiger charge is 2.27. The van der Waals surface area contributed by atoms with Crippen LogP contribution in [0.3, 0.4) is 0 Å². The summed E-state index contributed by atoms with van der Waals surface area (Å²) in [6, 6.07) is 4.96. The van der Waals surface area contributed by atoms with Gasteiger partial charge in [0, 0.05) is 18.1 Å². The van der Waals surface area contributed by atoms with E-state index in [1.807, 2.05) is 0 Å². The molecule has 0 aromatic heterocycles. The summed E-state index contributed by atoms with van der Waals surface area (Å²) in [4.78, 5) is 23.1. The second-order valence-corrected chi connectivity index (χ2v) is 5.57. The molecule has 1 saturated heterocycles. The standard InChI is InChI=1S/C13H16N2O4S/c16-9-3-1-8(2-4-9)5-10(13(18)19)15-12(17)11-6-20-7-14-11/h1-4,10-11,14,16H,5-7H2,(H,15,17)(H,18,19)/t10-,11?/m1/s1. The van der Waals surface area contributed by atoms with E-state index in [1.54, 1.807) is 23.9 Å². The molecule has 2 rings (SSSR count). The maximum Gasteiger partial charge on any atom is 0.326 e. The Kier molecular flexibility index (Phi) is 4.86. The summed E-state index contributed by atoms with van der Waals surface area (Å²) < 4.78 is 0. The topological polar surface area (TPSA) is 98.7 Å². The summed E-state index contributed by atoms with van der Waals surface area (Å²) in [6.07, 6.45) is 0.182. The minimum absolute atomic E-state index is 0.122. The van der Waals surface area contributed by atoms with Gasteiger partial charge in [0.15, 0.2) is 0 Å². The van der Waals surface area contributed by atoms with Crippen LogP contribution >= 0.6 is 11.8 Å². The van der Waals surface area contributed by atoms with Gasteiger partial charge in [-0.3, -0.25) is 10.1 Å². The first-order valence-electron chi connectivity index (χ1n) is 6.18. The number of benzene rings is 1. The molecule has 0 radical (unpaired) electrons. The predicted octanol–water partition coefficient (Wildman–Crippen LogP) is 0.167. The highest BCUT2D eigenvalue weighted by atomic mass is 32.2. The SMILES string of the molecule is O=C(N[C@H](Cc1ccc(O)cc1)C(=O)O)C1CSCN1. The van der Waals surface area contributed by atoms with E-state index in [4.69, 9.17) is 0 Å². The van der Waals surface area contributed by atoms with E-state index < -0.39 is 12.0 Å². The number of carbonyl (C=O) groups excluding carboxylic acids is 1. The normalized spacial score (nSPS) is 19.5. The van der Waals surface area contributed by atoms with Crippen molar-refractivity contribution in [2.24, 2.45) is 0 Å². The zero-order chi connectivity index (χ0) is 14.5. The van der Waals surface area contributed by atoms with Crippen LogP contribution in [0.15, 0.2) is 24.3 Å². The molecule has 1 aromatic rings. The van der Waals surface area contributed by atoms with Gasteiger partial charge in [0.2, 0.25) is 5.91 Å². The fraction of sp³-hybridized carbons (Fsp3) is 0.385. The molecule has 108 valence electrons. The van der Waals surface area contributed by atoms with Crippen molar-refractivity contribution in [2.45, 2.75) is 18.5 Å². The number of thioether (sulfide) groups is 1. The van der Waals surface area contributed by atoms with E-state index in [2.05, 4.69) is 10.6 Å². The van der Waals surface area contributed by atoms with Crippen LogP contribution in [-0.2, 0) is 16.0 Å². The molecule has 0 bridgehead atoms. The molecule has 0 aliphatic carbocycles. The molecule has 2 atom stereocenters. The van der Waals surface area contributed by atoms with Crippen LogP contribution in [0.2, 0.25) is 0 Å². The lowest BCUT2D eigenvalue weighted by Crippen LogP contribution is -2.50. The first-order valence-corrected chi connectivity index (χ1v) is 7.34. The lowest BCUT2D eigenvalue weighted by Gasteiger charge is -2.17. The van der Waals surface area contributed by atoms with E-state index >= 15 is 0 Å². The summed E-state index contributed by atoms with van der Waals surface area (Å²) in [6.45, 7) is 0. The van der Waals surface area contributed by atoms with E-state index in [0.29, 0.717) is 11.6 Å². The molecule has 0 spiro atoms. The highest BCUT2D eigenvalue weighted by Crippen LogP contribution is 2.13. The monoisotopic (exact) mass is 296 g/mol. The first kappa shape index (κ1) is 14.7. The second kappa shape index (κ2) is 6.62. The number of phenols is 1. The lowest BCUT2D eigenvalue weighted by atomic mass is 10.1. The number of carboxylic acids is 1. The molecule has 6 nitrogen and oxygen atoms in total. The number of amides is 1. The van der Waals surface area contributed by atoms with Crippen LogP contribution in [0, 0.1) is 0 Å². The number of nitrogens with one attached hydrogen (secondary N) is 2. The van der Waals surface area contributed by atoms with E-state index in [9.17, 15) is 19.8 Å². The van der Waals surface area contributed by atoms with Crippen LogP contribution in [0.5, 0.6) is 5.75 Å². The number of aliphatic carboxylic acids is 1. The van der Waals surface area contributed by atoms with Gasteiger partial charge in [-0.15, -0.1) is 11.8 Å². The Morgan fingerprint density at radius 1 is 1.40 bits per heavy atom. The zero-order valence-corrected chi connectivity index (χ0v) is 11.5. The van der Waals surface area contributed by atoms with Gasteiger partial charge in [-0.2, -0.15) is 0 Å². The summed E-state index contributed by atoms with van der Waals surface area (Å²) >= 11 is 1.60. The van der Waals surface area contributed by atoms with Crippen molar-refractivity contribution in [1.29, 1.82) is 0 Å². The van der Waals surface area contributed by atoms with Gasteiger partial charge in [-0.25, -0.2) is 4.79 Å². The third-order valence-electron chi connectivity index (χ3n) is 3.02. The third kappa shape index (κ3) is 3.88. The van der Waals surface area contributed by atoms with E-state index in [0.717, 1.165) is 5.56 Å². The summed E-state index contributed by atoms with van der Waals surface area (Å²) in [5.74, 6) is 0.112. The smallest absolute Gasteiger partial charge is 0.326 e. The van der Waals surface area contributed by atoms with Gasteiger partial charge in [0.1, 0.15) is 11.8 Å². The Labute approximate surface area is 120 Å². The largest absolute Gasteiger partial charge is 0.508 e. The fourth-order valence-electron chi connectivity index (χ4n) is 1.90. The minimum Gasteiger partial charge on any atom is -0.508 e. The van der Waals surface area contributed by atoms with Crippen molar-refractivity contribution in [3.8, 4) is 5.75 Å². The number of carbonyl (C=O) groups is 2. The van der Waals surface area contributed by atoms with Crippen molar-refractivity contribution in [1.82, 2.24) is 10.6 Å². The van der Waals surface area contributed by atoms with E-state index in [-0.39, 0.29) is 24.1 Å². The number of hydrogen-bond donors (Lipinski definition) is 4. The molecular formula is C13H16N2O4S. The fourth-order valence-corrected chi connectivity index (χ4v) is 2.85. The summed E-state index contributed by atoms with van der Waals surface area (Å²) in [5, 5.41) is 23.9. The second-order valence-electron chi connectivity index (χ2n) is 4.54. The average Bonchev–Trinajstić information content (AvgIpc) is 2.94. The number of aromatic hydroxyl groups is 1. The number of carboxylic acid groups (broad SMARTS) is 1. The van der Waals surface area contributed by atoms with Gasteiger partial charge in [-0.1, -0.05) is 12.1 Å². The molecule has 1 unspecified atom stereocenters. The van der Waals surface area contributed by atoms with Crippen LogP contribution in [0.4, 0.5) is 0 Å². The van der Waals surface area contributed by atoms with Crippen LogP contribution in [-0.4, -0.2) is 45.8 Å². The van der Waals surface area contributed by atoms with Gasteiger partial charge in [0.05, 0.1) is 6.04 Å². The van der Waals surface area contributed by atoms with Crippen molar-refractivity contribution in [3.63, 3.8) is 0 Å². The van der Waals surface area contributed by atoms with Crippen molar-refractivity contribution in [2.75, 3.05) is 11.6 Å². The third-order valence-corrected chi connectivity index (χ3v) is 3.96. The Bertz CT molecular complexity index is 486. The van der Waals surface area contributed by atoms with Gasteiger partial charge >= 0.3 is 5.97 Å². The maximum atomic E-state index is 11.9. The van der Waals surface area contributed by atoms with Crippen molar-refractivity contribution >= 4 is 23.6 Å². The van der Waals surface area contributed by atoms with Crippen molar-refractivity contribution in [3.05, 3.63) is 29.8 Å². The van der Waals surface area contributed by atoms with Gasteiger partial charge < -0.3 is 15.5 Å². The predicted molar refractivity (Wildman–Crippen MR) is 75.6 cm³/mol. The lowest BCUT2D eigenvalue weighted by molar-refractivity contribution is -0.142. The van der Waals surface area contributed by atoms with E-state index in [1.165, 1.54) is 12.1 Å². The quantitative estimate of drug-likeness (QED) is 0.618. The Hall–Kier alpha value is -1.73. The molecule has 1 heterocycles. The first-order chi connectivity index (χ1) is 9.56. The molecule has 1 fully saturated rings. The molecule has 4 N–H and O–H groups in total. The maximum absolute atomic E-state index is 11.9. The molecule has 1 aliphatic rings. The Morgan fingerprint density at radius 3 is 2.65 bits per heavy atom. The highest BCUT2D eigenvalue weighted by molar-refractivity contribution is 7.99. The Balaban J connectivity index is 1.98. The Morgan fingerprint density at radius 2 is 2.10 bits per heavy atom. The average molecular weight is 296 g/mol. The molecular weight excluding hydrogens is 280 g/mol. The number of hydrogen-bond acceptors (Lipinski definition) is 5. The zero-order valence-electron chi connectivity index (χ0n) is 10.7. The molecule has 7 heteroatoms. The van der Waals surface area contributed by atoms with Crippen molar-refractivity contribution < 1.29 is 19.8 Å². The van der Waals surface area contributed by atoms with Gasteiger partial charge in [-0.05, 0) is 17.7 Å². The molecule has 0 saturated carbocycles. The molecule has 1 aromatic carbocycles. The molecule has 20 heavy (non-hydrogen) atoms. The van der Waals surface area contributed by atoms with Crippen LogP contribution in [0.1, 0.15) is 5.56 Å². The number of phenolic OH excluding ortho intramolecular Hbond substituents is 1. The number of rotatable bonds is 5. The molecule has 1 amide bonds. The molecule has 1 aliphatic heterocycles. The summed E-state index contributed by atoms with van der Waals surface area (Å²) in [7, 11) is 0. The minimum atomic E-state index is -1.07. The summed E-state index contributed by atoms with van der Waals surface area (Å²) in [5.41, 5.74) is 0.740. The van der Waals surface area contributed by atoms with Gasteiger partial charge in [0.25, 0.3) is 0 Å². The van der Waals surface area contributed by atoms with Crippen LogP contribution < -0.4 is 10.6 Å². The van der Waals surface area contributed by atoms with Crippen LogP contribution in [0.25, 0.3) is 0 Å².